The van der Waals surface area contributed by atoms with Crippen molar-refractivity contribution in [3.63, 3.8) is 0 Å². The van der Waals surface area contributed by atoms with Crippen LogP contribution in [0, 0.1) is 0 Å². The van der Waals surface area contributed by atoms with Crippen LogP contribution in [0.15, 0.2) is 0 Å². The number of phosphoric acid groups is 3. The Labute approximate surface area is 124 Å². The molecular formula is H11CaO13P3+2. The van der Waals surface area contributed by atoms with E-state index in [-0.39, 0.29) is 43.2 Å². The van der Waals surface area contributed by atoms with Crippen molar-refractivity contribution >= 4 is 61.2 Å². The Morgan fingerprint density at radius 3 is 0.471 bits per heavy atom. The van der Waals surface area contributed by atoms with Crippen molar-refractivity contribution in [3.05, 3.63) is 0 Å². The third kappa shape index (κ3) is 1770. The summed E-state index contributed by atoms with van der Waals surface area (Å²) in [6, 6.07) is 0. The summed E-state index contributed by atoms with van der Waals surface area (Å²) in [5.41, 5.74) is 0. The van der Waals surface area contributed by atoms with Gasteiger partial charge in [-0.05, 0) is 0 Å². The van der Waals surface area contributed by atoms with E-state index in [4.69, 9.17) is 57.7 Å². The van der Waals surface area contributed by atoms with Gasteiger partial charge in [-0.1, -0.05) is 0 Å². The molecule has 17 heavy (non-hydrogen) atoms. The minimum absolute atomic E-state index is 0. The molecule has 0 saturated heterocycles. The van der Waals surface area contributed by atoms with Gasteiger partial charge in [-0.3, -0.25) is 0 Å². The Kier molecular flexibility index (Phi) is 23.0. The van der Waals surface area contributed by atoms with Gasteiger partial charge in [-0.2, -0.15) is 0 Å². The van der Waals surface area contributed by atoms with E-state index in [0.29, 0.717) is 0 Å². The van der Waals surface area contributed by atoms with E-state index in [0.717, 1.165) is 0 Å². The molecule has 0 fully saturated rings. The molecule has 13 nitrogen and oxygen atoms in total. The third-order valence-electron chi connectivity index (χ3n) is 0. The fourth-order valence-corrected chi connectivity index (χ4v) is 0. The van der Waals surface area contributed by atoms with Gasteiger partial charge in [0.2, 0.25) is 0 Å². The van der Waals surface area contributed by atoms with Crippen molar-refractivity contribution in [2.45, 2.75) is 0 Å². The molecule has 0 aromatic rings. The second-order valence-corrected chi connectivity index (χ2v) is 4.62. The largest absolute Gasteiger partial charge is 2.00 e. The third-order valence-corrected chi connectivity index (χ3v) is 0. The molecule has 0 heterocycles. The molecule has 0 bridgehead atoms. The van der Waals surface area contributed by atoms with Crippen molar-refractivity contribution < 1.29 is 63.2 Å². The minimum atomic E-state index is -4.64. The zero-order valence-corrected chi connectivity index (χ0v) is 12.7. The van der Waals surface area contributed by atoms with Gasteiger partial charge in [-0.25, -0.2) is 13.7 Å². The summed E-state index contributed by atoms with van der Waals surface area (Å²) < 4.78 is 26.6. The molecule has 0 aromatic heterocycles. The molecule has 17 heteroatoms. The summed E-state index contributed by atoms with van der Waals surface area (Å²) in [5, 5.41) is 0. The van der Waals surface area contributed by atoms with Gasteiger partial charge in [0.25, 0.3) is 0 Å². The van der Waals surface area contributed by atoms with Crippen LogP contribution in [0.2, 0.25) is 0 Å². The smallest absolute Gasteiger partial charge is 0.412 e. The van der Waals surface area contributed by atoms with Crippen molar-refractivity contribution in [2.75, 3.05) is 0 Å². The van der Waals surface area contributed by atoms with E-state index in [1.54, 1.807) is 0 Å². The molecule has 0 aliphatic carbocycles. The molecule has 0 aliphatic rings. The summed E-state index contributed by atoms with van der Waals surface area (Å²) in [5.74, 6) is 0. The first-order chi connectivity index (χ1) is 6.00. The standard InChI is InChI=1S/Ca.3H3O4P.H2O/c;3*1-5(2,3)4;/h;3*(H3,1,2,3,4);1H2/q+2;;;;. The van der Waals surface area contributed by atoms with Crippen LogP contribution in [-0.4, -0.2) is 87.3 Å². The second kappa shape index (κ2) is 12.6. The molecule has 0 saturated carbocycles. The van der Waals surface area contributed by atoms with E-state index in [1.165, 1.54) is 0 Å². The Balaban J connectivity index is -0.0000000400. The fourth-order valence-electron chi connectivity index (χ4n) is 0. The molecule has 0 rings (SSSR count). The Morgan fingerprint density at radius 2 is 0.471 bits per heavy atom. The van der Waals surface area contributed by atoms with Crippen molar-refractivity contribution in [3.8, 4) is 0 Å². The van der Waals surface area contributed by atoms with Crippen LogP contribution in [0.5, 0.6) is 0 Å². The Bertz CT molecular complexity index is 203. The Hall–Kier alpha value is 1.55. The van der Waals surface area contributed by atoms with E-state index in [9.17, 15) is 0 Å². The summed E-state index contributed by atoms with van der Waals surface area (Å²) >= 11 is 0. The quantitative estimate of drug-likeness (QED) is 0.149. The molecule has 0 aromatic carbocycles. The van der Waals surface area contributed by atoms with Gasteiger partial charge in [0.15, 0.2) is 0 Å². The average Bonchev–Trinajstić information content (AvgIpc) is 1.41. The maximum Gasteiger partial charge on any atom is 2.00 e. The SMILES string of the molecule is O.O=P(O)(O)O.O=P(O)(O)O.O=P(O)(O)O.[Ca+2]. The molecule has 104 valence electrons. The molecule has 0 radical (unpaired) electrons. The molecule has 0 aliphatic heterocycles. The van der Waals surface area contributed by atoms with E-state index < -0.39 is 23.5 Å². The van der Waals surface area contributed by atoms with Gasteiger partial charge in [0, 0.05) is 0 Å². The predicted octanol–water partition coefficient (Wildman–Crippen LogP) is -3.99. The first kappa shape index (κ1) is 31.1. The first-order valence-electron chi connectivity index (χ1n) is 2.35. The second-order valence-electron chi connectivity index (χ2n) is 1.54. The summed E-state index contributed by atoms with van der Waals surface area (Å²) in [6.45, 7) is 0. The van der Waals surface area contributed by atoms with Crippen molar-refractivity contribution in [2.24, 2.45) is 0 Å². The van der Waals surface area contributed by atoms with Gasteiger partial charge < -0.3 is 49.5 Å². The van der Waals surface area contributed by atoms with Gasteiger partial charge >= 0.3 is 61.2 Å². The fraction of sp³-hybridized carbons (Fsp3) is 0. The summed E-state index contributed by atoms with van der Waals surface area (Å²) in [7, 11) is -13.9. The average molecular weight is 352 g/mol. The predicted molar refractivity (Wildman–Crippen MR) is 52.2 cm³/mol. The van der Waals surface area contributed by atoms with Crippen LogP contribution in [0.1, 0.15) is 0 Å². The maximum atomic E-state index is 8.88. The van der Waals surface area contributed by atoms with Crippen LogP contribution in [-0.2, 0) is 13.7 Å². The van der Waals surface area contributed by atoms with Crippen LogP contribution in [0.25, 0.3) is 0 Å². The van der Waals surface area contributed by atoms with Crippen LogP contribution < -0.4 is 0 Å². The zero-order chi connectivity index (χ0) is 13.5. The molecular weight excluding hydrogens is 341 g/mol. The summed E-state index contributed by atoms with van der Waals surface area (Å²) in [4.78, 5) is 64.7. The van der Waals surface area contributed by atoms with E-state index in [2.05, 4.69) is 0 Å². The normalized spacial score (nSPS) is 10.4. The zero-order valence-electron chi connectivity index (χ0n) is 7.80. The van der Waals surface area contributed by atoms with Gasteiger partial charge in [0.1, 0.15) is 0 Å². The number of rotatable bonds is 0. The van der Waals surface area contributed by atoms with Gasteiger partial charge in [0.05, 0.1) is 0 Å². The summed E-state index contributed by atoms with van der Waals surface area (Å²) in [6.07, 6.45) is 0. The molecule has 0 amide bonds. The first-order valence-corrected chi connectivity index (χ1v) is 7.04. The monoisotopic (exact) mass is 352 g/mol. The van der Waals surface area contributed by atoms with Crippen LogP contribution in [0.4, 0.5) is 0 Å². The molecule has 0 atom stereocenters. The molecule has 0 spiro atoms. The minimum Gasteiger partial charge on any atom is -0.412 e. The molecule has 0 unspecified atom stereocenters. The van der Waals surface area contributed by atoms with Crippen LogP contribution in [0.3, 0.4) is 0 Å². The van der Waals surface area contributed by atoms with Gasteiger partial charge in [-0.15, -0.1) is 0 Å². The van der Waals surface area contributed by atoms with Crippen LogP contribution >= 0.6 is 23.5 Å². The maximum absolute atomic E-state index is 8.88. The van der Waals surface area contributed by atoms with E-state index in [1.807, 2.05) is 0 Å². The number of hydrogen-bond acceptors (Lipinski definition) is 3. The van der Waals surface area contributed by atoms with Crippen molar-refractivity contribution in [1.29, 1.82) is 0 Å². The topological polar surface area (TPSA) is 265 Å². The molecule has 11 N–H and O–H groups in total. The number of hydrogen-bond donors (Lipinski definition) is 9. The van der Waals surface area contributed by atoms with E-state index >= 15 is 0 Å². The Morgan fingerprint density at radius 1 is 0.471 bits per heavy atom. The van der Waals surface area contributed by atoms with Crippen molar-refractivity contribution in [1.82, 2.24) is 0 Å².